The summed E-state index contributed by atoms with van der Waals surface area (Å²) in [6.07, 6.45) is 0. The molecule has 1 aliphatic rings. The molecule has 1 unspecified atom stereocenters. The number of aromatic nitrogens is 3. The van der Waals surface area contributed by atoms with E-state index >= 15 is 0 Å². The van der Waals surface area contributed by atoms with E-state index in [4.69, 9.17) is 26.4 Å². The van der Waals surface area contributed by atoms with E-state index in [0.717, 1.165) is 22.6 Å². The van der Waals surface area contributed by atoms with Crippen LogP contribution >= 0.6 is 23.4 Å². The number of allylic oxidation sites excluding steroid dienone is 1. The molecule has 0 radical (unpaired) electrons. The Bertz CT molecular complexity index is 1510. The minimum absolute atomic E-state index is 0.211. The van der Waals surface area contributed by atoms with Gasteiger partial charge in [0.1, 0.15) is 11.8 Å². The van der Waals surface area contributed by atoms with Crippen molar-refractivity contribution in [1.82, 2.24) is 14.8 Å². The Labute approximate surface area is 237 Å². The van der Waals surface area contributed by atoms with Gasteiger partial charge in [-0.3, -0.25) is 4.79 Å². The SMILES string of the molecule is COc1ccc(NC(=O)C2=C(C)Nc3nc(SCc4cccc(Cl)c4)nn3C2c2ccc(C(C)C)cc2)cc1. The Hall–Kier alpha value is -3.75. The Morgan fingerprint density at radius 2 is 1.87 bits per heavy atom. The van der Waals surface area contributed by atoms with E-state index in [1.807, 2.05) is 55.5 Å². The molecule has 1 aromatic heterocycles. The number of rotatable bonds is 8. The van der Waals surface area contributed by atoms with E-state index in [2.05, 4.69) is 48.7 Å². The van der Waals surface area contributed by atoms with Gasteiger partial charge in [-0.15, -0.1) is 5.10 Å². The number of anilines is 2. The third-order valence-corrected chi connectivity index (χ3v) is 7.75. The molecule has 0 aliphatic carbocycles. The van der Waals surface area contributed by atoms with Crippen LogP contribution in [0.4, 0.5) is 11.6 Å². The molecule has 39 heavy (non-hydrogen) atoms. The zero-order valence-electron chi connectivity index (χ0n) is 22.2. The number of methoxy groups -OCH3 is 1. The van der Waals surface area contributed by atoms with Gasteiger partial charge in [-0.2, -0.15) is 4.98 Å². The summed E-state index contributed by atoms with van der Waals surface area (Å²) in [4.78, 5) is 18.5. The lowest BCUT2D eigenvalue weighted by molar-refractivity contribution is -0.113. The van der Waals surface area contributed by atoms with E-state index in [-0.39, 0.29) is 5.91 Å². The second-order valence-corrected chi connectivity index (χ2v) is 11.0. The number of carbonyl (C=O) groups is 1. The minimum Gasteiger partial charge on any atom is -0.497 e. The molecule has 2 N–H and O–H groups in total. The maximum absolute atomic E-state index is 13.7. The Morgan fingerprint density at radius 1 is 1.13 bits per heavy atom. The average molecular weight is 560 g/mol. The highest BCUT2D eigenvalue weighted by Crippen LogP contribution is 2.37. The number of thioether (sulfide) groups is 1. The largest absolute Gasteiger partial charge is 0.497 e. The van der Waals surface area contributed by atoms with Crippen LogP contribution in [-0.2, 0) is 10.5 Å². The summed E-state index contributed by atoms with van der Waals surface area (Å²) in [5, 5.41) is 12.5. The smallest absolute Gasteiger partial charge is 0.255 e. The lowest BCUT2D eigenvalue weighted by Gasteiger charge is -2.29. The predicted octanol–water partition coefficient (Wildman–Crippen LogP) is 7.28. The molecule has 4 aromatic rings. The van der Waals surface area contributed by atoms with E-state index < -0.39 is 6.04 Å². The topological polar surface area (TPSA) is 81.1 Å². The summed E-state index contributed by atoms with van der Waals surface area (Å²) in [6, 6.07) is 23.0. The molecule has 2 heterocycles. The van der Waals surface area contributed by atoms with Crippen molar-refractivity contribution in [2.24, 2.45) is 0 Å². The lowest BCUT2D eigenvalue weighted by atomic mass is 9.93. The highest BCUT2D eigenvalue weighted by Gasteiger charge is 2.34. The number of nitrogens with one attached hydrogen (secondary N) is 2. The van der Waals surface area contributed by atoms with Crippen LogP contribution in [-0.4, -0.2) is 27.8 Å². The summed E-state index contributed by atoms with van der Waals surface area (Å²) in [7, 11) is 1.61. The standard InChI is InChI=1S/C30H30ClN5O2S/c1-18(2)21-8-10-22(11-9-21)27-26(28(37)33-24-12-14-25(38-4)15-13-24)19(3)32-29-34-30(35-36(27)29)39-17-20-6-5-7-23(31)16-20/h5-16,18,27H,17H2,1-4H3,(H,33,37)(H,32,34,35). The van der Waals surface area contributed by atoms with Gasteiger partial charge >= 0.3 is 0 Å². The second kappa shape index (κ2) is 11.6. The van der Waals surface area contributed by atoms with Crippen LogP contribution in [0.1, 0.15) is 49.4 Å². The molecule has 1 amide bonds. The van der Waals surface area contributed by atoms with Crippen LogP contribution in [0.15, 0.2) is 89.2 Å². The molecule has 1 atom stereocenters. The van der Waals surface area contributed by atoms with Crippen molar-refractivity contribution in [1.29, 1.82) is 0 Å². The first-order valence-corrected chi connectivity index (χ1v) is 14.1. The average Bonchev–Trinajstić information content (AvgIpc) is 3.34. The summed E-state index contributed by atoms with van der Waals surface area (Å²) in [5.41, 5.74) is 5.25. The van der Waals surface area contributed by atoms with Gasteiger partial charge in [-0.05, 0) is 65.9 Å². The van der Waals surface area contributed by atoms with Crippen molar-refractivity contribution in [3.63, 3.8) is 0 Å². The highest BCUT2D eigenvalue weighted by molar-refractivity contribution is 7.98. The summed E-state index contributed by atoms with van der Waals surface area (Å²) >= 11 is 7.68. The van der Waals surface area contributed by atoms with Crippen molar-refractivity contribution in [3.8, 4) is 5.75 Å². The number of carbonyl (C=O) groups excluding carboxylic acids is 1. The second-order valence-electron chi connectivity index (χ2n) is 9.65. The van der Waals surface area contributed by atoms with Crippen LogP contribution in [0.2, 0.25) is 5.02 Å². The number of halogens is 1. The lowest BCUT2D eigenvalue weighted by Crippen LogP contribution is -2.31. The van der Waals surface area contributed by atoms with Crippen LogP contribution in [0.25, 0.3) is 0 Å². The maximum Gasteiger partial charge on any atom is 0.255 e. The molecule has 1 aliphatic heterocycles. The molecular formula is C30H30ClN5O2S. The summed E-state index contributed by atoms with van der Waals surface area (Å²) in [6.45, 7) is 6.22. The molecule has 3 aromatic carbocycles. The fourth-order valence-electron chi connectivity index (χ4n) is 4.51. The zero-order chi connectivity index (χ0) is 27.5. The molecule has 0 saturated heterocycles. The molecule has 7 nitrogen and oxygen atoms in total. The molecule has 0 saturated carbocycles. The van der Waals surface area contributed by atoms with Gasteiger partial charge in [0, 0.05) is 22.2 Å². The molecular weight excluding hydrogens is 530 g/mol. The third kappa shape index (κ3) is 5.97. The van der Waals surface area contributed by atoms with Crippen LogP contribution < -0.4 is 15.4 Å². The Morgan fingerprint density at radius 3 is 2.54 bits per heavy atom. The van der Waals surface area contributed by atoms with Crippen molar-refractivity contribution in [2.45, 2.75) is 43.6 Å². The van der Waals surface area contributed by atoms with Crippen molar-refractivity contribution < 1.29 is 9.53 Å². The summed E-state index contributed by atoms with van der Waals surface area (Å²) in [5.74, 6) is 2.19. The molecule has 0 fully saturated rings. The maximum atomic E-state index is 13.7. The van der Waals surface area contributed by atoms with Crippen LogP contribution in [0.5, 0.6) is 5.75 Å². The van der Waals surface area contributed by atoms with Crippen LogP contribution in [0, 0.1) is 0 Å². The number of hydrogen-bond donors (Lipinski definition) is 2. The van der Waals surface area contributed by atoms with Gasteiger partial charge in [-0.1, -0.05) is 73.6 Å². The van der Waals surface area contributed by atoms with E-state index in [9.17, 15) is 4.79 Å². The molecule has 200 valence electrons. The van der Waals surface area contributed by atoms with Crippen molar-refractivity contribution >= 4 is 40.9 Å². The molecule has 5 rings (SSSR count). The fourth-order valence-corrected chi connectivity index (χ4v) is 5.49. The number of fused-ring (bicyclic) bond motifs is 1. The monoisotopic (exact) mass is 559 g/mol. The zero-order valence-corrected chi connectivity index (χ0v) is 23.8. The van der Waals surface area contributed by atoms with E-state index in [0.29, 0.717) is 39.1 Å². The van der Waals surface area contributed by atoms with Gasteiger partial charge in [0.2, 0.25) is 11.1 Å². The molecule has 9 heteroatoms. The van der Waals surface area contributed by atoms with Gasteiger partial charge in [0.25, 0.3) is 5.91 Å². The fraction of sp³-hybridized carbons (Fsp3) is 0.233. The Kier molecular flexibility index (Phi) is 7.95. The number of ether oxygens (including phenoxy) is 1. The first kappa shape index (κ1) is 26.8. The number of hydrogen-bond acceptors (Lipinski definition) is 6. The highest BCUT2D eigenvalue weighted by atomic mass is 35.5. The number of amides is 1. The Balaban J connectivity index is 1.48. The number of benzene rings is 3. The summed E-state index contributed by atoms with van der Waals surface area (Å²) < 4.78 is 7.05. The quantitative estimate of drug-likeness (QED) is 0.221. The first-order chi connectivity index (χ1) is 18.8. The number of nitrogens with zero attached hydrogens (tertiary/aromatic N) is 3. The minimum atomic E-state index is -0.450. The third-order valence-electron chi connectivity index (χ3n) is 6.60. The molecule has 0 bridgehead atoms. The normalized spacial score (nSPS) is 14.7. The van der Waals surface area contributed by atoms with Gasteiger partial charge in [-0.25, -0.2) is 4.68 Å². The van der Waals surface area contributed by atoms with Gasteiger partial charge in [0.05, 0.1) is 12.7 Å². The van der Waals surface area contributed by atoms with Crippen molar-refractivity contribution in [2.75, 3.05) is 17.7 Å². The first-order valence-electron chi connectivity index (χ1n) is 12.7. The van der Waals surface area contributed by atoms with Gasteiger partial charge < -0.3 is 15.4 Å². The van der Waals surface area contributed by atoms with E-state index in [1.54, 1.807) is 11.8 Å². The predicted molar refractivity (Wildman–Crippen MR) is 158 cm³/mol. The molecule has 0 spiro atoms. The van der Waals surface area contributed by atoms with Crippen LogP contribution in [0.3, 0.4) is 0 Å². The van der Waals surface area contributed by atoms with E-state index in [1.165, 1.54) is 17.3 Å². The van der Waals surface area contributed by atoms with Gasteiger partial charge in [0.15, 0.2) is 0 Å². The van der Waals surface area contributed by atoms with Crippen molar-refractivity contribution in [3.05, 3.63) is 106 Å².